The van der Waals surface area contributed by atoms with Gasteiger partial charge in [0.1, 0.15) is 6.04 Å². The maximum Gasteiger partial charge on any atom is 0.312 e. The molecule has 1 aromatic carbocycles. The van der Waals surface area contributed by atoms with Crippen molar-refractivity contribution in [1.29, 1.82) is 0 Å². The van der Waals surface area contributed by atoms with Gasteiger partial charge in [0.25, 0.3) is 5.91 Å². The van der Waals surface area contributed by atoms with Crippen LogP contribution in [0.4, 0.5) is 10.5 Å². The molecule has 0 aliphatic rings. The molecule has 0 bridgehead atoms. The number of nitrogens with two attached hydrogens (primary N) is 1. The second-order valence-electron chi connectivity index (χ2n) is 5.02. The molecule has 0 aliphatic carbocycles. The number of carbonyl (C=O) groups is 3. The zero-order valence-electron chi connectivity index (χ0n) is 13.0. The van der Waals surface area contributed by atoms with Crippen molar-refractivity contribution in [2.45, 2.75) is 26.3 Å². The van der Waals surface area contributed by atoms with E-state index in [0.717, 1.165) is 0 Å². The number of nitrogens with one attached hydrogen (secondary N) is 3. The lowest BCUT2D eigenvalue weighted by atomic mass is 9.98. The summed E-state index contributed by atoms with van der Waals surface area (Å²) in [7, 11) is 1.55. The topological polar surface area (TPSA) is 113 Å². The largest absolute Gasteiger partial charge is 0.355 e. The standard InChI is InChI=1S/C15H22N4O3/c1-4-9(2)12(19-15(16)22)14(21)18-11-7-5-10(6-8-11)13(20)17-3/h5-9,12H,4H2,1-3H3,(H,17,20)(H,18,21)(H3,16,19,22). The lowest BCUT2D eigenvalue weighted by Gasteiger charge is -2.22. The third kappa shape index (κ3) is 4.76. The Bertz CT molecular complexity index is 542. The minimum Gasteiger partial charge on any atom is -0.355 e. The second-order valence-corrected chi connectivity index (χ2v) is 5.02. The van der Waals surface area contributed by atoms with Crippen molar-refractivity contribution in [2.24, 2.45) is 11.7 Å². The highest BCUT2D eigenvalue weighted by atomic mass is 16.2. The van der Waals surface area contributed by atoms with Gasteiger partial charge in [-0.3, -0.25) is 9.59 Å². The first kappa shape index (κ1) is 17.5. The van der Waals surface area contributed by atoms with Crippen molar-refractivity contribution in [3.05, 3.63) is 29.8 Å². The van der Waals surface area contributed by atoms with Gasteiger partial charge in [-0.15, -0.1) is 0 Å². The first-order chi connectivity index (χ1) is 10.4. The van der Waals surface area contributed by atoms with E-state index in [1.807, 2.05) is 13.8 Å². The van der Waals surface area contributed by atoms with Crippen LogP contribution in [0.5, 0.6) is 0 Å². The fourth-order valence-electron chi connectivity index (χ4n) is 1.92. The number of hydrogen-bond donors (Lipinski definition) is 4. The highest BCUT2D eigenvalue weighted by molar-refractivity contribution is 5.98. The smallest absolute Gasteiger partial charge is 0.312 e. The molecule has 4 amide bonds. The van der Waals surface area contributed by atoms with Gasteiger partial charge in [0.15, 0.2) is 0 Å². The van der Waals surface area contributed by atoms with Crippen LogP contribution in [-0.2, 0) is 4.79 Å². The number of anilines is 1. The fraction of sp³-hybridized carbons (Fsp3) is 0.400. The summed E-state index contributed by atoms with van der Waals surface area (Å²) in [4.78, 5) is 34.7. The van der Waals surface area contributed by atoms with Crippen molar-refractivity contribution in [2.75, 3.05) is 12.4 Å². The molecular formula is C15H22N4O3. The Morgan fingerprint density at radius 2 is 1.77 bits per heavy atom. The summed E-state index contributed by atoms with van der Waals surface area (Å²) in [6.07, 6.45) is 0.716. The van der Waals surface area contributed by atoms with E-state index in [9.17, 15) is 14.4 Å². The molecule has 7 nitrogen and oxygen atoms in total. The highest BCUT2D eigenvalue weighted by Crippen LogP contribution is 2.13. The first-order valence-corrected chi connectivity index (χ1v) is 7.08. The molecule has 22 heavy (non-hydrogen) atoms. The van der Waals surface area contributed by atoms with Crippen LogP contribution in [0.25, 0.3) is 0 Å². The fourth-order valence-corrected chi connectivity index (χ4v) is 1.92. The maximum absolute atomic E-state index is 12.3. The SMILES string of the molecule is CCC(C)C(NC(N)=O)C(=O)Nc1ccc(C(=O)NC)cc1. The van der Waals surface area contributed by atoms with E-state index in [1.54, 1.807) is 31.3 Å². The highest BCUT2D eigenvalue weighted by Gasteiger charge is 2.25. The van der Waals surface area contributed by atoms with Gasteiger partial charge >= 0.3 is 6.03 Å². The number of benzene rings is 1. The molecule has 1 aromatic rings. The van der Waals surface area contributed by atoms with Crippen molar-refractivity contribution >= 4 is 23.5 Å². The molecule has 5 N–H and O–H groups in total. The molecule has 7 heteroatoms. The lowest BCUT2D eigenvalue weighted by Crippen LogP contribution is -2.49. The lowest BCUT2D eigenvalue weighted by molar-refractivity contribution is -0.119. The van der Waals surface area contributed by atoms with E-state index < -0.39 is 12.1 Å². The molecule has 2 atom stereocenters. The van der Waals surface area contributed by atoms with Gasteiger partial charge in [-0.25, -0.2) is 4.79 Å². The van der Waals surface area contributed by atoms with Crippen LogP contribution in [-0.4, -0.2) is 30.9 Å². The third-order valence-electron chi connectivity index (χ3n) is 3.43. The Morgan fingerprint density at radius 3 is 2.23 bits per heavy atom. The summed E-state index contributed by atoms with van der Waals surface area (Å²) in [6.45, 7) is 3.78. The second kappa shape index (κ2) is 8.02. The van der Waals surface area contributed by atoms with Gasteiger partial charge in [0, 0.05) is 18.3 Å². The van der Waals surface area contributed by atoms with E-state index in [0.29, 0.717) is 17.7 Å². The molecule has 0 spiro atoms. The summed E-state index contributed by atoms with van der Waals surface area (Å²) in [6, 6.07) is 5.01. The Labute approximate surface area is 129 Å². The third-order valence-corrected chi connectivity index (χ3v) is 3.43. The quantitative estimate of drug-likeness (QED) is 0.630. The summed E-state index contributed by atoms with van der Waals surface area (Å²) in [5.41, 5.74) is 6.14. The molecule has 0 heterocycles. The molecule has 0 fully saturated rings. The molecule has 2 unspecified atom stereocenters. The van der Waals surface area contributed by atoms with Gasteiger partial charge < -0.3 is 21.7 Å². The van der Waals surface area contributed by atoms with E-state index in [2.05, 4.69) is 16.0 Å². The molecule has 120 valence electrons. The Morgan fingerprint density at radius 1 is 1.18 bits per heavy atom. The number of amides is 4. The van der Waals surface area contributed by atoms with Crippen molar-refractivity contribution in [1.82, 2.24) is 10.6 Å². The number of primary amides is 1. The van der Waals surface area contributed by atoms with Gasteiger partial charge in [-0.05, 0) is 30.2 Å². The molecule has 0 saturated heterocycles. The minimum absolute atomic E-state index is 0.0577. The number of carbonyl (C=O) groups excluding carboxylic acids is 3. The average molecular weight is 306 g/mol. The van der Waals surface area contributed by atoms with Crippen LogP contribution < -0.4 is 21.7 Å². The Hall–Kier alpha value is -2.57. The molecular weight excluding hydrogens is 284 g/mol. The molecule has 0 aromatic heterocycles. The summed E-state index contributed by atoms with van der Waals surface area (Å²) in [5, 5.41) is 7.67. The van der Waals surface area contributed by atoms with Gasteiger partial charge in [-0.1, -0.05) is 20.3 Å². The van der Waals surface area contributed by atoms with Crippen LogP contribution in [0.15, 0.2) is 24.3 Å². The van der Waals surface area contributed by atoms with E-state index in [-0.39, 0.29) is 17.7 Å². The van der Waals surface area contributed by atoms with Crippen LogP contribution in [0, 0.1) is 5.92 Å². The molecule has 0 aliphatic heterocycles. The number of hydrogen-bond acceptors (Lipinski definition) is 3. The van der Waals surface area contributed by atoms with Crippen LogP contribution >= 0.6 is 0 Å². The molecule has 1 rings (SSSR count). The predicted octanol–water partition coefficient (Wildman–Crippen LogP) is 1.07. The monoisotopic (exact) mass is 306 g/mol. The average Bonchev–Trinajstić information content (AvgIpc) is 2.51. The van der Waals surface area contributed by atoms with Crippen LogP contribution in [0.1, 0.15) is 30.6 Å². The first-order valence-electron chi connectivity index (χ1n) is 7.08. The summed E-state index contributed by atoms with van der Waals surface area (Å²) < 4.78 is 0. The normalized spacial score (nSPS) is 12.9. The van der Waals surface area contributed by atoms with Crippen molar-refractivity contribution < 1.29 is 14.4 Å². The molecule has 0 radical (unpaired) electrons. The maximum atomic E-state index is 12.3. The van der Waals surface area contributed by atoms with E-state index >= 15 is 0 Å². The zero-order chi connectivity index (χ0) is 16.7. The van der Waals surface area contributed by atoms with Crippen LogP contribution in [0.2, 0.25) is 0 Å². The van der Waals surface area contributed by atoms with E-state index in [1.165, 1.54) is 0 Å². The van der Waals surface area contributed by atoms with E-state index in [4.69, 9.17) is 5.73 Å². The molecule has 0 saturated carbocycles. The van der Waals surface area contributed by atoms with Gasteiger partial charge in [0.05, 0.1) is 0 Å². The minimum atomic E-state index is -0.740. The summed E-state index contributed by atoms with van der Waals surface area (Å²) in [5.74, 6) is -0.607. The predicted molar refractivity (Wildman–Crippen MR) is 84.4 cm³/mol. The van der Waals surface area contributed by atoms with Crippen molar-refractivity contribution in [3.63, 3.8) is 0 Å². The summed E-state index contributed by atoms with van der Waals surface area (Å²) >= 11 is 0. The number of rotatable bonds is 6. The van der Waals surface area contributed by atoms with Gasteiger partial charge in [-0.2, -0.15) is 0 Å². The zero-order valence-corrected chi connectivity index (χ0v) is 13.0. The number of urea groups is 1. The Kier molecular flexibility index (Phi) is 6.37. The Balaban J connectivity index is 2.80. The van der Waals surface area contributed by atoms with Crippen LogP contribution in [0.3, 0.4) is 0 Å². The van der Waals surface area contributed by atoms with Gasteiger partial charge in [0.2, 0.25) is 5.91 Å². The van der Waals surface area contributed by atoms with Crippen molar-refractivity contribution in [3.8, 4) is 0 Å².